The summed E-state index contributed by atoms with van der Waals surface area (Å²) in [4.78, 5) is 0. The molecule has 1 nitrogen and oxygen atoms in total. The smallest absolute Gasteiger partial charge is 0.391 e. The molecule has 3 unspecified atom stereocenters. The summed E-state index contributed by atoms with van der Waals surface area (Å²) in [7, 11) is 0. The Hall–Kier alpha value is -0.510. The van der Waals surface area contributed by atoms with E-state index < -0.39 is 18.2 Å². The molecule has 0 radical (unpaired) electrons. The number of aliphatic hydroxyl groups is 1. The maximum Gasteiger partial charge on any atom is 0.391 e. The molecule has 3 atom stereocenters. The monoisotopic (exact) mass is 248 g/mol. The van der Waals surface area contributed by atoms with Crippen LogP contribution in [0.4, 0.5) is 13.2 Å². The van der Waals surface area contributed by atoms with Gasteiger partial charge in [0, 0.05) is 5.92 Å². The summed E-state index contributed by atoms with van der Waals surface area (Å²) in [5.74, 6) is -1.33. The van der Waals surface area contributed by atoms with Crippen LogP contribution in [0.15, 0.2) is 11.6 Å². The van der Waals surface area contributed by atoms with Crippen LogP contribution in [0.3, 0.4) is 0 Å². The molecular formula is C13H19F3O. The van der Waals surface area contributed by atoms with Gasteiger partial charge in [-0.2, -0.15) is 13.2 Å². The Labute approximate surface area is 99.7 Å². The van der Waals surface area contributed by atoms with Gasteiger partial charge in [-0.3, -0.25) is 0 Å². The van der Waals surface area contributed by atoms with Gasteiger partial charge in [-0.1, -0.05) is 11.6 Å². The van der Waals surface area contributed by atoms with E-state index in [4.69, 9.17) is 0 Å². The van der Waals surface area contributed by atoms with Crippen molar-refractivity contribution < 1.29 is 18.3 Å². The summed E-state index contributed by atoms with van der Waals surface area (Å²) < 4.78 is 37.7. The molecule has 0 bridgehead atoms. The number of alkyl halides is 3. The van der Waals surface area contributed by atoms with Crippen LogP contribution in [0.1, 0.15) is 44.9 Å². The van der Waals surface area contributed by atoms with Gasteiger partial charge in [-0.25, -0.2) is 0 Å². The van der Waals surface area contributed by atoms with Gasteiger partial charge >= 0.3 is 6.18 Å². The Balaban J connectivity index is 1.98. The van der Waals surface area contributed by atoms with E-state index in [2.05, 4.69) is 6.08 Å². The average molecular weight is 248 g/mol. The summed E-state index contributed by atoms with van der Waals surface area (Å²) in [5.41, 5.74) is 1.20. The van der Waals surface area contributed by atoms with Crippen LogP contribution >= 0.6 is 0 Å². The van der Waals surface area contributed by atoms with Gasteiger partial charge in [0.1, 0.15) is 0 Å². The van der Waals surface area contributed by atoms with Crippen molar-refractivity contribution in [1.29, 1.82) is 0 Å². The number of aliphatic hydroxyl groups excluding tert-OH is 1. The lowest BCUT2D eigenvalue weighted by atomic mass is 9.74. The van der Waals surface area contributed by atoms with Crippen molar-refractivity contribution in [3.63, 3.8) is 0 Å². The topological polar surface area (TPSA) is 20.2 Å². The van der Waals surface area contributed by atoms with Gasteiger partial charge in [0.25, 0.3) is 0 Å². The third-order valence-corrected chi connectivity index (χ3v) is 4.08. The minimum absolute atomic E-state index is 0.0195. The zero-order valence-corrected chi connectivity index (χ0v) is 9.84. The molecule has 98 valence electrons. The highest BCUT2D eigenvalue weighted by atomic mass is 19.4. The Kier molecular flexibility index (Phi) is 3.81. The summed E-state index contributed by atoms with van der Waals surface area (Å²) in [6.07, 6.45) is 1.96. The molecule has 0 spiro atoms. The molecule has 1 saturated carbocycles. The van der Waals surface area contributed by atoms with Crippen LogP contribution < -0.4 is 0 Å². The number of hydrogen-bond donors (Lipinski definition) is 1. The highest BCUT2D eigenvalue weighted by Gasteiger charge is 2.44. The molecule has 0 aliphatic heterocycles. The van der Waals surface area contributed by atoms with E-state index in [1.807, 2.05) is 0 Å². The Bertz CT molecular complexity index is 296. The summed E-state index contributed by atoms with van der Waals surface area (Å²) in [5, 5.41) is 9.91. The van der Waals surface area contributed by atoms with E-state index in [1.165, 1.54) is 5.57 Å². The molecule has 17 heavy (non-hydrogen) atoms. The van der Waals surface area contributed by atoms with Crippen molar-refractivity contribution in [2.24, 2.45) is 11.8 Å². The first kappa shape index (κ1) is 12.9. The van der Waals surface area contributed by atoms with Crippen LogP contribution in [0.2, 0.25) is 0 Å². The second-order valence-corrected chi connectivity index (χ2v) is 5.25. The number of allylic oxidation sites excluding steroid dienone is 1. The number of halogens is 3. The highest BCUT2D eigenvalue weighted by molar-refractivity contribution is 5.12. The van der Waals surface area contributed by atoms with E-state index in [0.717, 1.165) is 25.7 Å². The molecule has 1 fully saturated rings. The first-order valence-corrected chi connectivity index (χ1v) is 6.42. The predicted molar refractivity (Wildman–Crippen MR) is 59.4 cm³/mol. The highest BCUT2D eigenvalue weighted by Crippen LogP contribution is 2.43. The van der Waals surface area contributed by atoms with Crippen molar-refractivity contribution in [2.75, 3.05) is 0 Å². The zero-order chi connectivity index (χ0) is 12.5. The van der Waals surface area contributed by atoms with Crippen LogP contribution in [0, 0.1) is 11.8 Å². The molecular weight excluding hydrogens is 229 g/mol. The first-order valence-electron chi connectivity index (χ1n) is 6.42. The van der Waals surface area contributed by atoms with Crippen molar-refractivity contribution in [1.82, 2.24) is 0 Å². The van der Waals surface area contributed by atoms with E-state index >= 15 is 0 Å². The Morgan fingerprint density at radius 1 is 1.18 bits per heavy atom. The second-order valence-electron chi connectivity index (χ2n) is 5.25. The average Bonchev–Trinajstić information content (AvgIpc) is 2.29. The molecule has 4 heteroatoms. The minimum Gasteiger partial charge on any atom is -0.392 e. The fourth-order valence-electron chi connectivity index (χ4n) is 3.08. The van der Waals surface area contributed by atoms with Gasteiger partial charge in [0.2, 0.25) is 0 Å². The summed E-state index contributed by atoms with van der Waals surface area (Å²) in [6.45, 7) is 0. The molecule has 0 aromatic heterocycles. The molecule has 1 N–H and O–H groups in total. The predicted octanol–water partition coefficient (Wildman–Crippen LogP) is 3.83. The first-order chi connectivity index (χ1) is 7.98. The molecule has 2 aliphatic carbocycles. The van der Waals surface area contributed by atoms with Crippen molar-refractivity contribution >= 4 is 0 Å². The van der Waals surface area contributed by atoms with Gasteiger partial charge in [0.15, 0.2) is 0 Å². The quantitative estimate of drug-likeness (QED) is 0.699. The van der Waals surface area contributed by atoms with E-state index in [0.29, 0.717) is 6.42 Å². The number of rotatable bonds is 1. The van der Waals surface area contributed by atoms with Crippen molar-refractivity contribution in [3.8, 4) is 0 Å². The third kappa shape index (κ3) is 3.03. The SMILES string of the molecule is OC1CC(C(F)(F)F)CCC1C1=CCCCC1. The van der Waals surface area contributed by atoms with Gasteiger partial charge in [-0.15, -0.1) is 0 Å². The van der Waals surface area contributed by atoms with Crippen LogP contribution in [-0.2, 0) is 0 Å². The summed E-state index contributed by atoms with van der Waals surface area (Å²) >= 11 is 0. The zero-order valence-electron chi connectivity index (χ0n) is 9.84. The van der Waals surface area contributed by atoms with Crippen LogP contribution in [-0.4, -0.2) is 17.4 Å². The molecule has 2 rings (SSSR count). The standard InChI is InChI=1S/C13H19F3O/c14-13(15,16)10-6-7-11(12(17)8-10)9-4-2-1-3-5-9/h4,10-12,17H,1-3,5-8H2. The lowest BCUT2D eigenvalue weighted by Crippen LogP contribution is -2.37. The van der Waals surface area contributed by atoms with E-state index in [-0.39, 0.29) is 18.8 Å². The second kappa shape index (κ2) is 5.01. The lowest BCUT2D eigenvalue weighted by molar-refractivity contribution is -0.192. The maximum absolute atomic E-state index is 12.6. The molecule has 2 aliphatic rings. The largest absolute Gasteiger partial charge is 0.392 e. The molecule has 0 saturated heterocycles. The van der Waals surface area contributed by atoms with E-state index in [9.17, 15) is 18.3 Å². The molecule has 0 aromatic carbocycles. The normalized spacial score (nSPS) is 35.5. The fraction of sp³-hybridized carbons (Fsp3) is 0.846. The van der Waals surface area contributed by atoms with Gasteiger partial charge in [0.05, 0.1) is 12.0 Å². The number of hydrogen-bond acceptors (Lipinski definition) is 1. The van der Waals surface area contributed by atoms with Crippen LogP contribution in [0.25, 0.3) is 0 Å². The Morgan fingerprint density at radius 3 is 2.47 bits per heavy atom. The van der Waals surface area contributed by atoms with E-state index in [1.54, 1.807) is 0 Å². The molecule has 0 aromatic rings. The van der Waals surface area contributed by atoms with Gasteiger partial charge < -0.3 is 5.11 Å². The molecule has 0 amide bonds. The fourth-order valence-corrected chi connectivity index (χ4v) is 3.08. The summed E-state index contributed by atoms with van der Waals surface area (Å²) in [6, 6.07) is 0. The maximum atomic E-state index is 12.6. The Morgan fingerprint density at radius 2 is 1.94 bits per heavy atom. The third-order valence-electron chi connectivity index (χ3n) is 4.08. The molecule has 0 heterocycles. The van der Waals surface area contributed by atoms with Crippen LogP contribution in [0.5, 0.6) is 0 Å². The van der Waals surface area contributed by atoms with Crippen molar-refractivity contribution in [3.05, 3.63) is 11.6 Å². The van der Waals surface area contributed by atoms with Gasteiger partial charge in [-0.05, 0) is 44.9 Å². The minimum atomic E-state index is -4.15. The lowest BCUT2D eigenvalue weighted by Gasteiger charge is -2.36. The van der Waals surface area contributed by atoms with Crippen molar-refractivity contribution in [2.45, 2.75) is 57.2 Å².